The van der Waals surface area contributed by atoms with Crippen LogP contribution in [0.4, 0.5) is 0 Å². The molecule has 0 unspecified atom stereocenters. The fourth-order valence-electron chi connectivity index (χ4n) is 3.16. The van der Waals surface area contributed by atoms with Gasteiger partial charge in [-0.05, 0) is 11.1 Å². The van der Waals surface area contributed by atoms with Gasteiger partial charge in [-0.3, -0.25) is 9.59 Å². The summed E-state index contributed by atoms with van der Waals surface area (Å²) in [4.78, 5) is 23.7. The summed E-state index contributed by atoms with van der Waals surface area (Å²) in [6.07, 6.45) is 2.91. The van der Waals surface area contributed by atoms with Crippen LogP contribution in [0.3, 0.4) is 0 Å². The highest BCUT2D eigenvalue weighted by atomic mass is 16.5. The van der Waals surface area contributed by atoms with E-state index < -0.39 is 0 Å². The van der Waals surface area contributed by atoms with Crippen LogP contribution in [0.15, 0.2) is 54.7 Å². The predicted molar refractivity (Wildman–Crippen MR) is 97.7 cm³/mol. The van der Waals surface area contributed by atoms with E-state index in [2.05, 4.69) is 0 Å². The Morgan fingerprint density at radius 3 is 2.52 bits per heavy atom. The molecule has 128 valence electrons. The molecular weight excluding hydrogens is 314 g/mol. The summed E-state index contributed by atoms with van der Waals surface area (Å²) in [5, 5.41) is 0.948. The van der Waals surface area contributed by atoms with Crippen LogP contribution in [0.5, 0.6) is 0 Å². The van der Waals surface area contributed by atoms with E-state index in [1.807, 2.05) is 66.3 Å². The molecule has 0 bridgehead atoms. The van der Waals surface area contributed by atoms with Gasteiger partial charge in [0, 0.05) is 44.0 Å². The molecule has 0 aliphatic heterocycles. The molecule has 0 N–H and O–H groups in total. The second kappa shape index (κ2) is 7.34. The first kappa shape index (κ1) is 17.0. The van der Waals surface area contributed by atoms with Crippen molar-refractivity contribution >= 4 is 22.7 Å². The smallest absolute Gasteiger partial charge is 0.302 e. The molecule has 1 heterocycles. The van der Waals surface area contributed by atoms with Crippen LogP contribution in [0, 0.1) is 0 Å². The number of carbonyl (C=O) groups is 2. The van der Waals surface area contributed by atoms with E-state index in [1.54, 1.807) is 0 Å². The molecule has 0 amide bonds. The Bertz CT molecular complexity index is 910. The van der Waals surface area contributed by atoms with E-state index in [0.717, 1.165) is 27.6 Å². The number of rotatable bonds is 6. The summed E-state index contributed by atoms with van der Waals surface area (Å²) in [5.41, 5.74) is 3.83. The number of benzene rings is 2. The molecule has 1 aromatic heterocycles. The zero-order valence-electron chi connectivity index (χ0n) is 14.5. The molecule has 3 rings (SSSR count). The first-order chi connectivity index (χ1) is 12.1. The summed E-state index contributed by atoms with van der Waals surface area (Å²) < 4.78 is 7.04. The Labute approximate surface area is 147 Å². The van der Waals surface area contributed by atoms with Crippen LogP contribution in [0.2, 0.25) is 0 Å². The Kier molecular flexibility index (Phi) is 4.98. The molecule has 0 saturated carbocycles. The SMILES string of the molecule is CC(=O)OCCc1cccc2c(C(=O)Cc3ccccc3)cn(C)c12. The van der Waals surface area contributed by atoms with Crippen LogP contribution in [-0.4, -0.2) is 22.9 Å². The molecule has 4 heteroatoms. The number of ketones is 1. The Balaban J connectivity index is 1.90. The molecule has 0 radical (unpaired) electrons. The summed E-state index contributed by atoms with van der Waals surface area (Å²) in [7, 11) is 1.94. The van der Waals surface area contributed by atoms with Gasteiger partial charge in [0.1, 0.15) is 0 Å². The topological polar surface area (TPSA) is 48.3 Å². The van der Waals surface area contributed by atoms with Gasteiger partial charge in [0.05, 0.1) is 12.1 Å². The number of hydrogen-bond acceptors (Lipinski definition) is 3. The van der Waals surface area contributed by atoms with E-state index in [-0.39, 0.29) is 11.8 Å². The van der Waals surface area contributed by atoms with Crippen molar-refractivity contribution in [2.24, 2.45) is 7.05 Å². The average molecular weight is 335 g/mol. The summed E-state index contributed by atoms with van der Waals surface area (Å²) in [6, 6.07) is 15.7. The van der Waals surface area contributed by atoms with Crippen molar-refractivity contribution in [2.45, 2.75) is 19.8 Å². The quantitative estimate of drug-likeness (QED) is 0.510. The van der Waals surface area contributed by atoms with Crippen LogP contribution < -0.4 is 0 Å². The van der Waals surface area contributed by atoms with E-state index >= 15 is 0 Å². The number of hydrogen-bond donors (Lipinski definition) is 0. The highest BCUT2D eigenvalue weighted by Gasteiger charge is 2.16. The van der Waals surface area contributed by atoms with Gasteiger partial charge in [-0.1, -0.05) is 48.5 Å². The highest BCUT2D eigenvalue weighted by Crippen LogP contribution is 2.26. The number of esters is 1. The van der Waals surface area contributed by atoms with Crippen molar-refractivity contribution in [3.05, 3.63) is 71.4 Å². The molecule has 2 aromatic carbocycles. The Hall–Kier alpha value is -2.88. The van der Waals surface area contributed by atoms with E-state index in [1.165, 1.54) is 6.92 Å². The monoisotopic (exact) mass is 335 g/mol. The van der Waals surface area contributed by atoms with Crippen molar-refractivity contribution in [1.29, 1.82) is 0 Å². The maximum absolute atomic E-state index is 12.8. The summed E-state index contributed by atoms with van der Waals surface area (Å²) in [5.74, 6) is -0.174. The lowest BCUT2D eigenvalue weighted by molar-refractivity contribution is -0.140. The predicted octanol–water partition coefficient (Wildman–Crippen LogP) is 3.71. The average Bonchev–Trinajstić information content (AvgIpc) is 2.93. The van der Waals surface area contributed by atoms with Gasteiger partial charge in [0.15, 0.2) is 5.78 Å². The second-order valence-electron chi connectivity index (χ2n) is 6.14. The van der Waals surface area contributed by atoms with Gasteiger partial charge in [-0.15, -0.1) is 0 Å². The van der Waals surface area contributed by atoms with Crippen molar-refractivity contribution in [1.82, 2.24) is 4.57 Å². The van der Waals surface area contributed by atoms with Crippen molar-refractivity contribution in [3.63, 3.8) is 0 Å². The molecule has 0 saturated heterocycles. The lowest BCUT2D eigenvalue weighted by Crippen LogP contribution is -2.04. The first-order valence-corrected chi connectivity index (χ1v) is 8.33. The van der Waals surface area contributed by atoms with Gasteiger partial charge < -0.3 is 9.30 Å². The molecule has 0 spiro atoms. The van der Waals surface area contributed by atoms with Gasteiger partial charge in [0.25, 0.3) is 0 Å². The third-order valence-corrected chi connectivity index (χ3v) is 4.27. The highest BCUT2D eigenvalue weighted by molar-refractivity contribution is 6.09. The van der Waals surface area contributed by atoms with Crippen LogP contribution >= 0.6 is 0 Å². The fourth-order valence-corrected chi connectivity index (χ4v) is 3.16. The number of aryl methyl sites for hydroxylation is 1. The maximum atomic E-state index is 12.8. The van der Waals surface area contributed by atoms with E-state index in [0.29, 0.717) is 19.4 Å². The van der Waals surface area contributed by atoms with Gasteiger partial charge in [-0.2, -0.15) is 0 Å². The number of aromatic nitrogens is 1. The molecule has 4 nitrogen and oxygen atoms in total. The minimum absolute atomic E-state index is 0.105. The number of fused-ring (bicyclic) bond motifs is 1. The number of Topliss-reactive ketones (excluding diaryl/α,β-unsaturated/α-hetero) is 1. The van der Waals surface area contributed by atoms with Crippen molar-refractivity contribution < 1.29 is 14.3 Å². The standard InChI is InChI=1S/C21H21NO3/c1-15(23)25-12-11-17-9-6-10-18-19(14-22(2)21(17)18)20(24)13-16-7-4-3-5-8-16/h3-10,14H,11-13H2,1-2H3. The van der Waals surface area contributed by atoms with Crippen molar-refractivity contribution in [3.8, 4) is 0 Å². The second-order valence-corrected chi connectivity index (χ2v) is 6.14. The zero-order chi connectivity index (χ0) is 17.8. The molecular formula is C21H21NO3. The molecule has 0 fully saturated rings. The maximum Gasteiger partial charge on any atom is 0.302 e. The number of nitrogens with zero attached hydrogens (tertiary/aromatic N) is 1. The molecule has 0 aliphatic rings. The van der Waals surface area contributed by atoms with Crippen LogP contribution in [-0.2, 0) is 29.4 Å². The third-order valence-electron chi connectivity index (χ3n) is 4.27. The largest absolute Gasteiger partial charge is 0.466 e. The lowest BCUT2D eigenvalue weighted by atomic mass is 10.0. The van der Waals surface area contributed by atoms with Crippen molar-refractivity contribution in [2.75, 3.05) is 6.61 Å². The van der Waals surface area contributed by atoms with Gasteiger partial charge >= 0.3 is 5.97 Å². The molecule has 0 aliphatic carbocycles. The summed E-state index contributed by atoms with van der Waals surface area (Å²) >= 11 is 0. The third kappa shape index (κ3) is 3.79. The van der Waals surface area contributed by atoms with Crippen LogP contribution in [0.1, 0.15) is 28.4 Å². The summed E-state index contributed by atoms with van der Waals surface area (Å²) in [6.45, 7) is 1.75. The van der Waals surface area contributed by atoms with Gasteiger partial charge in [-0.25, -0.2) is 0 Å². The lowest BCUT2D eigenvalue weighted by Gasteiger charge is -2.06. The number of para-hydroxylation sites is 1. The molecule has 25 heavy (non-hydrogen) atoms. The van der Waals surface area contributed by atoms with Crippen LogP contribution in [0.25, 0.3) is 10.9 Å². The minimum Gasteiger partial charge on any atom is -0.466 e. The number of carbonyl (C=O) groups excluding carboxylic acids is 2. The first-order valence-electron chi connectivity index (χ1n) is 8.33. The van der Waals surface area contributed by atoms with E-state index in [9.17, 15) is 9.59 Å². The zero-order valence-corrected chi connectivity index (χ0v) is 14.5. The normalized spacial score (nSPS) is 10.8. The fraction of sp³-hybridized carbons (Fsp3) is 0.238. The molecule has 0 atom stereocenters. The Morgan fingerprint density at radius 1 is 1.04 bits per heavy atom. The molecule has 3 aromatic rings. The van der Waals surface area contributed by atoms with Gasteiger partial charge in [0.2, 0.25) is 0 Å². The minimum atomic E-state index is -0.280. The number of ether oxygens (including phenoxy) is 1. The Morgan fingerprint density at radius 2 is 1.80 bits per heavy atom. The van der Waals surface area contributed by atoms with E-state index in [4.69, 9.17) is 4.74 Å².